The van der Waals surface area contributed by atoms with Crippen LogP contribution >= 0.6 is 11.3 Å². The molecule has 0 saturated carbocycles. The van der Waals surface area contributed by atoms with Crippen LogP contribution in [0.15, 0.2) is 71.1 Å². The molecule has 2 aromatic heterocycles. The smallest absolute Gasteiger partial charge is 0.272 e. The highest BCUT2D eigenvalue weighted by Crippen LogP contribution is 2.34. The quantitative estimate of drug-likeness (QED) is 0.384. The molecule has 34 heavy (non-hydrogen) atoms. The molecule has 0 bridgehead atoms. The number of nitrogens with two attached hydrogens (primary N) is 1. The van der Waals surface area contributed by atoms with Gasteiger partial charge >= 0.3 is 0 Å². The van der Waals surface area contributed by atoms with Crippen molar-refractivity contribution in [2.24, 2.45) is 5.14 Å². The Balaban J connectivity index is 1.68. The molecule has 0 aliphatic carbocycles. The molecular formula is C23H22N4O5S2. The Bertz CT molecular complexity index is 1430. The standard InChI is InChI=1S/C23H22N4O5S2/c1-31-19-10-8-15(12-20(19)32-2)18-14-27(16-6-4-3-5-7-16)26-22(18)23(28)25-13-17-9-11-21(33-17)34(24,29)30/h3-12,14H,13H2,1-2H3,(H,25,28)(H2,24,29,30). The van der Waals surface area contributed by atoms with E-state index in [4.69, 9.17) is 14.6 Å². The second-order valence-corrected chi connectivity index (χ2v) is 10.1. The first-order valence-corrected chi connectivity index (χ1v) is 12.4. The van der Waals surface area contributed by atoms with Gasteiger partial charge in [-0.25, -0.2) is 18.2 Å². The van der Waals surface area contributed by atoms with Gasteiger partial charge in [0.2, 0.25) is 10.0 Å². The first-order valence-electron chi connectivity index (χ1n) is 10.1. The SMILES string of the molecule is COc1ccc(-c2cn(-c3ccccc3)nc2C(=O)NCc2ccc(S(N)(=O)=O)s2)cc1OC. The summed E-state index contributed by atoms with van der Waals surface area (Å²) < 4.78 is 35.4. The molecule has 3 N–H and O–H groups in total. The molecule has 176 valence electrons. The molecular weight excluding hydrogens is 476 g/mol. The first-order chi connectivity index (χ1) is 16.3. The number of carbonyl (C=O) groups is 1. The highest BCUT2D eigenvalue weighted by Gasteiger charge is 2.21. The van der Waals surface area contributed by atoms with Crippen LogP contribution in [-0.2, 0) is 16.6 Å². The van der Waals surface area contributed by atoms with E-state index in [1.54, 1.807) is 43.3 Å². The number of ether oxygens (including phenoxy) is 2. The summed E-state index contributed by atoms with van der Waals surface area (Å²) in [5.41, 5.74) is 2.31. The Morgan fingerprint density at radius 3 is 2.44 bits per heavy atom. The first kappa shape index (κ1) is 23.5. The number of primary sulfonamides is 1. The Morgan fingerprint density at radius 2 is 1.79 bits per heavy atom. The molecule has 0 unspecified atom stereocenters. The number of sulfonamides is 1. The Morgan fingerprint density at radius 1 is 1.06 bits per heavy atom. The number of benzene rings is 2. The van der Waals surface area contributed by atoms with Crippen molar-refractivity contribution in [1.82, 2.24) is 15.1 Å². The van der Waals surface area contributed by atoms with E-state index in [-0.39, 0.29) is 16.4 Å². The number of amides is 1. The molecule has 9 nitrogen and oxygen atoms in total. The third-order valence-electron chi connectivity index (χ3n) is 4.99. The van der Waals surface area contributed by atoms with Gasteiger partial charge in [0.15, 0.2) is 17.2 Å². The van der Waals surface area contributed by atoms with Crippen LogP contribution in [0.2, 0.25) is 0 Å². The molecule has 4 rings (SSSR count). The van der Waals surface area contributed by atoms with Crippen LogP contribution in [0.4, 0.5) is 0 Å². The average molecular weight is 499 g/mol. The summed E-state index contributed by atoms with van der Waals surface area (Å²) in [4.78, 5) is 13.8. The fourth-order valence-corrected chi connectivity index (χ4v) is 5.05. The van der Waals surface area contributed by atoms with Gasteiger partial charge in [-0.15, -0.1) is 11.3 Å². The Kier molecular flexibility index (Phi) is 6.68. The minimum atomic E-state index is -3.79. The molecule has 2 heterocycles. The van der Waals surface area contributed by atoms with Crippen LogP contribution in [0.3, 0.4) is 0 Å². The van der Waals surface area contributed by atoms with Crippen molar-refractivity contribution >= 4 is 27.3 Å². The van der Waals surface area contributed by atoms with Crippen molar-refractivity contribution in [2.45, 2.75) is 10.8 Å². The Hall–Kier alpha value is -3.67. The van der Waals surface area contributed by atoms with Crippen molar-refractivity contribution in [1.29, 1.82) is 0 Å². The zero-order chi connectivity index (χ0) is 24.3. The predicted molar refractivity (Wildman–Crippen MR) is 129 cm³/mol. The van der Waals surface area contributed by atoms with Gasteiger partial charge in [-0.1, -0.05) is 24.3 Å². The molecule has 11 heteroatoms. The molecule has 0 atom stereocenters. The van der Waals surface area contributed by atoms with Gasteiger partial charge in [-0.3, -0.25) is 4.79 Å². The van der Waals surface area contributed by atoms with Gasteiger partial charge in [0, 0.05) is 16.6 Å². The highest BCUT2D eigenvalue weighted by molar-refractivity contribution is 7.91. The van der Waals surface area contributed by atoms with E-state index in [1.165, 1.54) is 6.07 Å². The van der Waals surface area contributed by atoms with E-state index in [0.717, 1.165) is 22.6 Å². The summed E-state index contributed by atoms with van der Waals surface area (Å²) in [6.45, 7) is 0.128. The number of carbonyl (C=O) groups excluding carboxylic acids is 1. The zero-order valence-corrected chi connectivity index (χ0v) is 20.0. The van der Waals surface area contributed by atoms with Crippen LogP contribution in [0, 0.1) is 0 Å². The van der Waals surface area contributed by atoms with Gasteiger partial charge in [0.05, 0.1) is 26.5 Å². The van der Waals surface area contributed by atoms with Crippen molar-refractivity contribution in [3.63, 3.8) is 0 Å². The largest absolute Gasteiger partial charge is 0.493 e. The number of nitrogens with zero attached hydrogens (tertiary/aromatic N) is 2. The summed E-state index contributed by atoms with van der Waals surface area (Å²) >= 11 is 1.00. The summed E-state index contributed by atoms with van der Waals surface area (Å²) in [6, 6.07) is 17.8. The topological polar surface area (TPSA) is 126 Å². The monoisotopic (exact) mass is 498 g/mol. The van der Waals surface area contributed by atoms with Crippen LogP contribution < -0.4 is 19.9 Å². The van der Waals surface area contributed by atoms with Crippen molar-refractivity contribution in [2.75, 3.05) is 14.2 Å². The van der Waals surface area contributed by atoms with E-state index in [1.807, 2.05) is 36.4 Å². The molecule has 0 aliphatic heterocycles. The number of nitrogens with one attached hydrogen (secondary N) is 1. The maximum absolute atomic E-state index is 13.2. The molecule has 0 spiro atoms. The van der Waals surface area contributed by atoms with E-state index in [2.05, 4.69) is 10.4 Å². The lowest BCUT2D eigenvalue weighted by atomic mass is 10.1. The Labute approximate surface area is 200 Å². The maximum atomic E-state index is 13.2. The fraction of sp³-hybridized carbons (Fsp3) is 0.130. The lowest BCUT2D eigenvalue weighted by Crippen LogP contribution is -2.23. The van der Waals surface area contributed by atoms with E-state index in [0.29, 0.717) is 21.9 Å². The fourth-order valence-electron chi connectivity index (χ4n) is 3.33. The molecule has 4 aromatic rings. The van der Waals surface area contributed by atoms with Gasteiger partial charge in [-0.2, -0.15) is 5.10 Å². The van der Waals surface area contributed by atoms with Crippen LogP contribution in [0.1, 0.15) is 15.4 Å². The highest BCUT2D eigenvalue weighted by atomic mass is 32.2. The van der Waals surface area contributed by atoms with Gasteiger partial charge in [0.1, 0.15) is 4.21 Å². The van der Waals surface area contributed by atoms with Crippen LogP contribution in [-0.4, -0.2) is 38.3 Å². The normalized spacial score (nSPS) is 11.3. The number of rotatable bonds is 8. The maximum Gasteiger partial charge on any atom is 0.272 e. The molecule has 0 saturated heterocycles. The summed E-state index contributed by atoms with van der Waals surface area (Å²) in [5, 5.41) is 12.5. The minimum absolute atomic E-state index is 0.0381. The zero-order valence-electron chi connectivity index (χ0n) is 18.4. The van der Waals surface area contributed by atoms with Gasteiger partial charge in [-0.05, 0) is 42.0 Å². The van der Waals surface area contributed by atoms with Crippen molar-refractivity contribution in [3.8, 4) is 28.3 Å². The van der Waals surface area contributed by atoms with Crippen molar-refractivity contribution in [3.05, 3.63) is 77.4 Å². The number of methoxy groups -OCH3 is 2. The summed E-state index contributed by atoms with van der Waals surface area (Å²) in [5.74, 6) is 0.675. The number of thiophene rings is 1. The van der Waals surface area contributed by atoms with Gasteiger partial charge < -0.3 is 14.8 Å². The second kappa shape index (κ2) is 9.67. The molecule has 2 aromatic carbocycles. The number of hydrogen-bond acceptors (Lipinski definition) is 7. The number of aromatic nitrogens is 2. The number of hydrogen-bond donors (Lipinski definition) is 2. The number of para-hydroxylation sites is 1. The third-order valence-corrected chi connectivity index (χ3v) is 7.51. The lowest BCUT2D eigenvalue weighted by Gasteiger charge is -2.09. The molecule has 0 aliphatic rings. The molecule has 0 fully saturated rings. The minimum Gasteiger partial charge on any atom is -0.493 e. The molecule has 1 amide bonds. The van der Waals surface area contributed by atoms with Gasteiger partial charge in [0.25, 0.3) is 5.91 Å². The third kappa shape index (κ3) is 4.96. The van der Waals surface area contributed by atoms with E-state index in [9.17, 15) is 13.2 Å². The van der Waals surface area contributed by atoms with E-state index < -0.39 is 15.9 Å². The average Bonchev–Trinajstić information content (AvgIpc) is 3.50. The summed E-state index contributed by atoms with van der Waals surface area (Å²) in [6.07, 6.45) is 1.77. The van der Waals surface area contributed by atoms with E-state index >= 15 is 0 Å². The summed E-state index contributed by atoms with van der Waals surface area (Å²) in [7, 11) is -0.695. The van der Waals surface area contributed by atoms with Crippen molar-refractivity contribution < 1.29 is 22.7 Å². The van der Waals surface area contributed by atoms with Crippen LogP contribution in [0.25, 0.3) is 16.8 Å². The molecule has 0 radical (unpaired) electrons. The predicted octanol–water partition coefficient (Wildman–Crippen LogP) is 3.20. The second-order valence-electron chi connectivity index (χ2n) is 7.19. The van der Waals surface area contributed by atoms with Crippen LogP contribution in [0.5, 0.6) is 11.5 Å². The lowest BCUT2D eigenvalue weighted by molar-refractivity contribution is 0.0946.